The number of para-hydroxylation sites is 1. The summed E-state index contributed by atoms with van der Waals surface area (Å²) in [4.78, 5) is 7.20. The second-order valence-corrected chi connectivity index (χ2v) is 11.5. The van der Waals surface area contributed by atoms with E-state index in [-0.39, 0.29) is 5.92 Å². The van der Waals surface area contributed by atoms with Crippen molar-refractivity contribution in [1.82, 2.24) is 9.88 Å². The standard InChI is InChI=1S/C33H31BrN2O2/c1-36(2)18-8-7-17-33(37)25-19-23-9-3-5-11-27(23)30(21-25)38-32-28(20-24-10-4-6-12-29(24)35-32)31(33)22-13-15-26(34)16-14-22/h3-6,9-16,19-21,31,37H,7-8,17-18H2,1-2H3. The zero-order valence-electron chi connectivity index (χ0n) is 21.7. The van der Waals surface area contributed by atoms with E-state index >= 15 is 0 Å². The van der Waals surface area contributed by atoms with Gasteiger partial charge in [0.1, 0.15) is 11.4 Å². The molecule has 0 saturated carbocycles. The van der Waals surface area contributed by atoms with Gasteiger partial charge in [-0.15, -0.1) is 0 Å². The largest absolute Gasteiger partial charge is 0.438 e. The van der Waals surface area contributed by atoms with E-state index in [4.69, 9.17) is 9.72 Å². The molecule has 0 radical (unpaired) electrons. The van der Waals surface area contributed by atoms with Gasteiger partial charge >= 0.3 is 0 Å². The van der Waals surface area contributed by atoms with E-state index in [1.54, 1.807) is 0 Å². The van der Waals surface area contributed by atoms with Crippen molar-refractivity contribution in [2.75, 3.05) is 20.6 Å². The monoisotopic (exact) mass is 566 g/mol. The fourth-order valence-corrected chi connectivity index (χ4v) is 6.03. The predicted octanol–water partition coefficient (Wildman–Crippen LogP) is 8.01. The Morgan fingerprint density at radius 2 is 1.63 bits per heavy atom. The van der Waals surface area contributed by atoms with E-state index in [1.165, 1.54) is 0 Å². The van der Waals surface area contributed by atoms with E-state index in [0.29, 0.717) is 12.3 Å². The number of nitrogens with zero attached hydrogens (tertiary/aromatic N) is 2. The van der Waals surface area contributed by atoms with Crippen molar-refractivity contribution in [1.29, 1.82) is 0 Å². The third-order valence-corrected chi connectivity index (χ3v) is 8.18. The third-order valence-electron chi connectivity index (χ3n) is 7.65. The summed E-state index contributed by atoms with van der Waals surface area (Å²) in [5.41, 5.74) is 2.51. The Morgan fingerprint density at radius 3 is 2.42 bits per heavy atom. The molecule has 1 aliphatic heterocycles. The van der Waals surface area contributed by atoms with Crippen LogP contribution >= 0.6 is 15.9 Å². The summed E-state index contributed by atoms with van der Waals surface area (Å²) in [6.07, 6.45) is 2.51. The molecule has 5 heteroatoms. The van der Waals surface area contributed by atoms with Crippen molar-refractivity contribution in [2.24, 2.45) is 0 Å². The van der Waals surface area contributed by atoms with Crippen LogP contribution < -0.4 is 4.74 Å². The first kappa shape index (κ1) is 25.1. The van der Waals surface area contributed by atoms with E-state index < -0.39 is 5.60 Å². The van der Waals surface area contributed by atoms with Crippen molar-refractivity contribution in [2.45, 2.75) is 30.8 Å². The van der Waals surface area contributed by atoms with Gasteiger partial charge in [0.2, 0.25) is 5.88 Å². The van der Waals surface area contributed by atoms with Crippen LogP contribution in [0.2, 0.25) is 0 Å². The summed E-state index contributed by atoms with van der Waals surface area (Å²) in [6, 6.07) is 30.9. The lowest BCUT2D eigenvalue weighted by Gasteiger charge is -2.40. The summed E-state index contributed by atoms with van der Waals surface area (Å²) in [7, 11) is 4.18. The Balaban J connectivity index is 1.63. The molecule has 0 aliphatic carbocycles. The molecular weight excluding hydrogens is 536 g/mol. The number of ether oxygens (including phenoxy) is 1. The summed E-state index contributed by atoms with van der Waals surface area (Å²) < 4.78 is 7.65. The molecule has 2 unspecified atom stereocenters. The molecule has 1 aromatic heterocycles. The van der Waals surface area contributed by atoms with E-state index in [1.807, 2.05) is 48.5 Å². The average Bonchev–Trinajstić information content (AvgIpc) is 2.92. The molecule has 2 heterocycles. The molecule has 2 atom stereocenters. The van der Waals surface area contributed by atoms with Crippen molar-refractivity contribution >= 4 is 37.6 Å². The number of benzene rings is 4. The number of aromatic nitrogens is 1. The first-order chi connectivity index (χ1) is 18.4. The number of pyridine rings is 1. The van der Waals surface area contributed by atoms with Gasteiger partial charge in [-0.05, 0) is 92.8 Å². The highest BCUT2D eigenvalue weighted by atomic mass is 79.9. The van der Waals surface area contributed by atoms with Crippen molar-refractivity contribution in [3.05, 3.63) is 112 Å². The van der Waals surface area contributed by atoms with Crippen molar-refractivity contribution in [3.63, 3.8) is 0 Å². The lowest BCUT2D eigenvalue weighted by molar-refractivity contribution is 0.00609. The maximum Gasteiger partial charge on any atom is 0.223 e. The average molecular weight is 568 g/mol. The van der Waals surface area contributed by atoms with Crippen LogP contribution in [0.4, 0.5) is 0 Å². The molecule has 192 valence electrons. The summed E-state index contributed by atoms with van der Waals surface area (Å²) in [5.74, 6) is 0.907. The summed E-state index contributed by atoms with van der Waals surface area (Å²) >= 11 is 3.59. The molecule has 5 aromatic rings. The van der Waals surface area contributed by atoms with Crippen molar-refractivity contribution in [3.8, 4) is 11.6 Å². The van der Waals surface area contributed by atoms with Crippen molar-refractivity contribution < 1.29 is 9.84 Å². The van der Waals surface area contributed by atoms with Gasteiger partial charge in [0.15, 0.2) is 0 Å². The van der Waals surface area contributed by atoms with E-state index in [2.05, 4.69) is 77.4 Å². The van der Waals surface area contributed by atoms with Gasteiger partial charge in [-0.1, -0.05) is 70.5 Å². The van der Waals surface area contributed by atoms with Crippen LogP contribution in [-0.2, 0) is 5.60 Å². The number of unbranched alkanes of at least 4 members (excludes halogenated alkanes) is 1. The molecule has 0 fully saturated rings. The Morgan fingerprint density at radius 1 is 0.895 bits per heavy atom. The van der Waals surface area contributed by atoms with Gasteiger partial charge < -0.3 is 14.7 Å². The molecule has 1 aliphatic rings. The SMILES string of the molecule is CN(C)CCCCC1(O)c2cc(c3ccccc3c2)Oc2nc3ccccc3cc2C1c1ccc(Br)cc1. The number of hydrogen-bond acceptors (Lipinski definition) is 4. The number of hydrogen-bond donors (Lipinski definition) is 1. The van der Waals surface area contributed by atoms with Crippen LogP contribution in [0.15, 0.2) is 95.5 Å². The Bertz CT molecular complexity index is 1620. The zero-order valence-corrected chi connectivity index (χ0v) is 23.3. The lowest BCUT2D eigenvalue weighted by Crippen LogP contribution is -2.36. The van der Waals surface area contributed by atoms with Crippen LogP contribution in [0.5, 0.6) is 11.6 Å². The fraction of sp³-hybridized carbons (Fsp3) is 0.242. The Kier molecular flexibility index (Phi) is 6.68. The maximum atomic E-state index is 13.0. The molecule has 0 saturated heterocycles. The molecule has 4 nitrogen and oxygen atoms in total. The molecule has 0 amide bonds. The highest BCUT2D eigenvalue weighted by Crippen LogP contribution is 2.52. The number of halogens is 1. The minimum absolute atomic E-state index is 0.364. The quantitative estimate of drug-likeness (QED) is 0.211. The summed E-state index contributed by atoms with van der Waals surface area (Å²) in [5, 5.41) is 16.0. The number of rotatable bonds is 6. The van der Waals surface area contributed by atoms with Gasteiger partial charge in [0, 0.05) is 26.7 Å². The van der Waals surface area contributed by atoms with Crippen LogP contribution in [0.1, 0.15) is 41.9 Å². The molecular formula is C33H31BrN2O2. The molecule has 38 heavy (non-hydrogen) atoms. The minimum Gasteiger partial charge on any atom is -0.438 e. The number of aliphatic hydroxyl groups is 1. The van der Waals surface area contributed by atoms with E-state index in [0.717, 1.165) is 68.0 Å². The maximum absolute atomic E-state index is 13.0. The van der Waals surface area contributed by atoms with Gasteiger partial charge in [-0.2, -0.15) is 0 Å². The normalized spacial score (nSPS) is 18.7. The van der Waals surface area contributed by atoms with Gasteiger partial charge in [0.25, 0.3) is 0 Å². The van der Waals surface area contributed by atoms with Crippen LogP contribution in [-0.4, -0.2) is 35.6 Å². The second-order valence-electron chi connectivity index (χ2n) is 10.5. The van der Waals surface area contributed by atoms with Gasteiger partial charge in [0.05, 0.1) is 5.52 Å². The third kappa shape index (κ3) is 4.60. The Hall–Kier alpha value is -3.25. The topological polar surface area (TPSA) is 45.6 Å². The fourth-order valence-electron chi connectivity index (χ4n) is 5.76. The van der Waals surface area contributed by atoms with Gasteiger partial charge in [-0.25, -0.2) is 4.98 Å². The van der Waals surface area contributed by atoms with Crippen LogP contribution in [0, 0.1) is 0 Å². The smallest absolute Gasteiger partial charge is 0.223 e. The molecule has 2 bridgehead atoms. The van der Waals surface area contributed by atoms with Crippen LogP contribution in [0.25, 0.3) is 21.7 Å². The highest BCUT2D eigenvalue weighted by molar-refractivity contribution is 9.10. The molecule has 4 aromatic carbocycles. The molecule has 0 spiro atoms. The van der Waals surface area contributed by atoms with Crippen LogP contribution in [0.3, 0.4) is 0 Å². The minimum atomic E-state index is -1.17. The Labute approximate surface area is 232 Å². The predicted molar refractivity (Wildman–Crippen MR) is 158 cm³/mol. The summed E-state index contributed by atoms with van der Waals surface area (Å²) in [6.45, 7) is 0.980. The first-order valence-electron chi connectivity index (χ1n) is 13.2. The van der Waals surface area contributed by atoms with Gasteiger partial charge in [-0.3, -0.25) is 0 Å². The molecule has 6 rings (SSSR count). The highest BCUT2D eigenvalue weighted by Gasteiger charge is 2.43. The lowest BCUT2D eigenvalue weighted by atomic mass is 9.70. The first-order valence-corrected chi connectivity index (χ1v) is 13.9. The molecule has 1 N–H and O–H groups in total. The zero-order chi connectivity index (χ0) is 26.3. The second kappa shape index (κ2) is 10.1. The van der Waals surface area contributed by atoms with E-state index in [9.17, 15) is 5.11 Å². The number of fused-ring (bicyclic) bond motifs is 6.